The first kappa shape index (κ1) is 29.7. The van der Waals surface area contributed by atoms with Gasteiger partial charge in [-0.15, -0.1) is 18.3 Å². The van der Waals surface area contributed by atoms with Crippen molar-refractivity contribution in [3.05, 3.63) is 12.7 Å². The van der Waals surface area contributed by atoms with E-state index >= 15 is 0 Å². The van der Waals surface area contributed by atoms with E-state index in [-0.39, 0.29) is 58.1 Å². The minimum atomic E-state index is -0.535. The average Bonchev–Trinajstić information content (AvgIpc) is 3.18. The number of aliphatic hydroxyl groups excluding tert-OH is 2. The highest BCUT2D eigenvalue weighted by molar-refractivity contribution is 8.00. The van der Waals surface area contributed by atoms with Gasteiger partial charge in [0, 0.05) is 29.0 Å². The topological polar surface area (TPSA) is 110 Å². The molecule has 3 fully saturated rings. The van der Waals surface area contributed by atoms with Gasteiger partial charge in [-0.25, -0.2) is 0 Å². The smallest absolute Gasteiger partial charge is 0.316 e. The highest BCUT2D eigenvalue weighted by Crippen LogP contribution is 2.65. The Morgan fingerprint density at radius 1 is 1.33 bits per heavy atom. The molecule has 7 heteroatoms. The van der Waals surface area contributed by atoms with Crippen molar-refractivity contribution in [2.24, 2.45) is 34.3 Å². The molecular weight excluding hydrogens is 474 g/mol. The lowest BCUT2D eigenvalue weighted by molar-refractivity contribution is -0.183. The van der Waals surface area contributed by atoms with E-state index in [1.165, 1.54) is 11.8 Å². The van der Waals surface area contributed by atoms with Crippen LogP contribution in [0.25, 0.3) is 0 Å². The Labute approximate surface area is 222 Å². The Balaban J connectivity index is 1.81. The first-order valence-electron chi connectivity index (χ1n) is 14.1. The zero-order valence-corrected chi connectivity index (χ0v) is 23.6. The summed E-state index contributed by atoms with van der Waals surface area (Å²) >= 11 is 1.47. The van der Waals surface area contributed by atoms with Crippen molar-refractivity contribution < 1.29 is 24.5 Å². The summed E-state index contributed by atoms with van der Waals surface area (Å²) in [6.07, 6.45) is 7.87. The van der Waals surface area contributed by atoms with Crippen LogP contribution in [-0.2, 0) is 14.3 Å². The zero-order valence-electron chi connectivity index (χ0n) is 22.8. The van der Waals surface area contributed by atoms with Gasteiger partial charge < -0.3 is 20.7 Å². The van der Waals surface area contributed by atoms with Gasteiger partial charge in [-0.05, 0) is 68.6 Å². The number of esters is 1. The van der Waals surface area contributed by atoms with Gasteiger partial charge in [0.1, 0.15) is 11.9 Å². The number of thioether (sulfide) groups is 1. The molecule has 0 amide bonds. The van der Waals surface area contributed by atoms with Gasteiger partial charge in [-0.1, -0.05) is 40.2 Å². The summed E-state index contributed by atoms with van der Waals surface area (Å²) in [5, 5.41) is 21.3. The van der Waals surface area contributed by atoms with Crippen LogP contribution in [0.15, 0.2) is 12.7 Å². The van der Waals surface area contributed by atoms with Crippen molar-refractivity contribution in [2.75, 3.05) is 5.75 Å². The van der Waals surface area contributed by atoms with Crippen LogP contribution >= 0.6 is 11.8 Å². The number of carbonyl (C=O) groups excluding carboxylic acids is 2. The maximum atomic E-state index is 13.6. The van der Waals surface area contributed by atoms with E-state index in [1.807, 2.05) is 0 Å². The van der Waals surface area contributed by atoms with Crippen LogP contribution in [0.3, 0.4) is 0 Å². The molecular formula is C29H49NO5S. The van der Waals surface area contributed by atoms with E-state index in [4.69, 9.17) is 10.5 Å². The molecule has 4 N–H and O–H groups in total. The Morgan fingerprint density at radius 3 is 2.69 bits per heavy atom. The van der Waals surface area contributed by atoms with Crippen LogP contribution in [0.5, 0.6) is 0 Å². The van der Waals surface area contributed by atoms with Crippen molar-refractivity contribution >= 4 is 23.5 Å². The maximum Gasteiger partial charge on any atom is 0.316 e. The maximum absolute atomic E-state index is 13.6. The lowest BCUT2D eigenvalue weighted by atomic mass is 9.47. The predicted molar refractivity (Wildman–Crippen MR) is 146 cm³/mol. The molecule has 0 spiro atoms. The molecule has 3 aliphatic carbocycles. The van der Waals surface area contributed by atoms with Gasteiger partial charge in [0.15, 0.2) is 0 Å². The number of hydrogen-bond acceptors (Lipinski definition) is 7. The average molecular weight is 524 g/mol. The summed E-state index contributed by atoms with van der Waals surface area (Å²) in [6.45, 7) is 12.4. The largest absolute Gasteiger partial charge is 0.461 e. The first-order valence-corrected chi connectivity index (χ1v) is 15.1. The molecule has 36 heavy (non-hydrogen) atoms. The van der Waals surface area contributed by atoms with Crippen molar-refractivity contribution in [3.8, 4) is 0 Å². The number of Topliss-reactive ketones (excluding diaryl/α,β-unsaturated/α-hetero) is 1. The van der Waals surface area contributed by atoms with Crippen LogP contribution in [0.2, 0.25) is 0 Å². The quantitative estimate of drug-likeness (QED) is 0.267. The molecule has 0 aromatic carbocycles. The number of ketones is 1. The second-order valence-electron chi connectivity index (χ2n) is 12.1. The highest BCUT2D eigenvalue weighted by atomic mass is 32.2. The van der Waals surface area contributed by atoms with Gasteiger partial charge in [0.05, 0.1) is 18.0 Å². The lowest BCUT2D eigenvalue weighted by Gasteiger charge is -2.58. The van der Waals surface area contributed by atoms with Gasteiger partial charge in [0.25, 0.3) is 0 Å². The molecule has 3 rings (SSSR count). The molecule has 10 atom stereocenters. The number of rotatable bonds is 11. The Hall–Kier alpha value is -0.890. The molecule has 206 valence electrons. The third-order valence-electron chi connectivity index (χ3n) is 10.1. The zero-order chi connectivity index (χ0) is 26.7. The first-order chi connectivity index (χ1) is 17.0. The molecule has 0 aromatic heterocycles. The van der Waals surface area contributed by atoms with E-state index in [1.54, 1.807) is 6.08 Å². The molecule has 3 aliphatic rings. The SMILES string of the molecule is C=CC[C@@H](O)[C@H](C)[C@]12CCC(=O)[C@H]1[C@](C)([C@@H](CCC)OC(=O)CS[C@@H]1CC[C@@H](N)C[C@H]1O)C(C)CC2. The number of carbonyl (C=O) groups is 2. The van der Waals surface area contributed by atoms with E-state index in [2.05, 4.69) is 34.3 Å². The molecule has 0 aromatic rings. The molecule has 6 nitrogen and oxygen atoms in total. The fraction of sp³-hybridized carbons (Fsp3) is 0.862. The molecule has 0 radical (unpaired) electrons. The normalized spacial score (nSPS) is 39.2. The number of ether oxygens (including phenoxy) is 1. The molecule has 3 saturated carbocycles. The molecule has 0 saturated heterocycles. The lowest BCUT2D eigenvalue weighted by Crippen LogP contribution is -2.58. The van der Waals surface area contributed by atoms with E-state index in [0.717, 1.165) is 38.5 Å². The van der Waals surface area contributed by atoms with E-state index < -0.39 is 17.6 Å². The fourth-order valence-corrected chi connectivity index (χ4v) is 8.79. The number of nitrogens with two attached hydrogens (primary N) is 1. The molecule has 0 aliphatic heterocycles. The Kier molecular flexibility index (Phi) is 10.1. The standard InChI is InChI=1S/C29H49NO5S/c1-6-8-21(31)19(4)29-14-12-18(3)28(5,27(29)22(32)13-15-29)25(9-7-2)35-26(34)17-36-24-11-10-20(30)16-23(24)33/h6,18-21,23-25,27,31,33H,1,7-17,30H2,2-5H3/t18?,19-,20+,21+,23+,24+,25+,27-,28-,29-/m0/s1. The summed E-state index contributed by atoms with van der Waals surface area (Å²) < 4.78 is 6.24. The van der Waals surface area contributed by atoms with Gasteiger partial charge in [-0.3, -0.25) is 9.59 Å². The molecule has 1 unspecified atom stereocenters. The van der Waals surface area contributed by atoms with Gasteiger partial charge >= 0.3 is 5.97 Å². The number of hydrogen-bond donors (Lipinski definition) is 3. The number of fused-ring (bicyclic) bond motifs is 1. The van der Waals surface area contributed by atoms with Gasteiger partial charge in [-0.2, -0.15) is 0 Å². The van der Waals surface area contributed by atoms with Crippen molar-refractivity contribution in [1.29, 1.82) is 0 Å². The van der Waals surface area contributed by atoms with Crippen LogP contribution < -0.4 is 5.73 Å². The summed E-state index contributed by atoms with van der Waals surface area (Å²) in [7, 11) is 0. The van der Waals surface area contributed by atoms with E-state index in [0.29, 0.717) is 25.7 Å². The Bertz CT molecular complexity index is 792. The Morgan fingerprint density at radius 2 is 2.06 bits per heavy atom. The minimum Gasteiger partial charge on any atom is -0.461 e. The predicted octanol–water partition coefficient (Wildman–Crippen LogP) is 4.65. The second kappa shape index (κ2) is 12.3. The van der Waals surface area contributed by atoms with Crippen LogP contribution in [0.4, 0.5) is 0 Å². The van der Waals surface area contributed by atoms with Crippen LogP contribution in [-0.4, -0.2) is 57.3 Å². The monoisotopic (exact) mass is 523 g/mol. The fourth-order valence-electron chi connectivity index (χ4n) is 7.73. The third-order valence-corrected chi connectivity index (χ3v) is 11.5. The third kappa shape index (κ3) is 5.74. The second-order valence-corrected chi connectivity index (χ2v) is 13.3. The van der Waals surface area contributed by atoms with Gasteiger partial charge in [0.2, 0.25) is 0 Å². The summed E-state index contributed by atoms with van der Waals surface area (Å²) in [5.74, 6) is 0.137. The minimum absolute atomic E-state index is 0.00224. The van der Waals surface area contributed by atoms with Crippen molar-refractivity contribution in [1.82, 2.24) is 0 Å². The van der Waals surface area contributed by atoms with E-state index in [9.17, 15) is 19.8 Å². The highest BCUT2D eigenvalue weighted by Gasteiger charge is 2.65. The summed E-state index contributed by atoms with van der Waals surface area (Å²) in [6, 6.07) is 0.0297. The summed E-state index contributed by atoms with van der Waals surface area (Å²) in [5.41, 5.74) is 5.20. The van der Waals surface area contributed by atoms with Crippen LogP contribution in [0.1, 0.15) is 91.9 Å². The molecule has 0 heterocycles. The van der Waals surface area contributed by atoms with Crippen LogP contribution in [0, 0.1) is 28.6 Å². The summed E-state index contributed by atoms with van der Waals surface area (Å²) in [4.78, 5) is 26.7. The van der Waals surface area contributed by atoms with Crippen molar-refractivity contribution in [3.63, 3.8) is 0 Å². The molecule has 0 bridgehead atoms. The number of aliphatic hydroxyl groups is 2. The van der Waals surface area contributed by atoms with Crippen molar-refractivity contribution in [2.45, 2.75) is 122 Å².